The van der Waals surface area contributed by atoms with Gasteiger partial charge in [0.15, 0.2) is 33.3 Å². The maximum absolute atomic E-state index is 7.37. The first-order valence-electron chi connectivity index (χ1n) is 17.8. The minimum Gasteiger partial charge on any atom is -0.396 e. The lowest BCUT2D eigenvalue weighted by atomic mass is 10.4. The van der Waals surface area contributed by atoms with E-state index in [1.165, 1.54) is 0 Å². The standard InChI is InChI=1S/C29H77N7O4Si5/c1-10-18-33-19-11-26-41(2,3)37-45(38-42(4,5)27-12-20-34-23-15-30,39-43(6,7)28-13-21-35-24-16-31)40-44(8,9)29-14-22-36-25-17-32/h33-36H,10-32H2,1-9H3. The van der Waals surface area contributed by atoms with Gasteiger partial charge in [0.1, 0.15) is 0 Å². The van der Waals surface area contributed by atoms with Crippen LogP contribution < -0.4 is 38.5 Å². The Labute approximate surface area is 284 Å². The summed E-state index contributed by atoms with van der Waals surface area (Å²) in [6, 6.07) is 4.06. The van der Waals surface area contributed by atoms with E-state index in [4.69, 9.17) is 33.7 Å². The maximum Gasteiger partial charge on any atom is 0.636 e. The van der Waals surface area contributed by atoms with E-state index in [0.29, 0.717) is 19.6 Å². The van der Waals surface area contributed by atoms with Crippen molar-refractivity contribution in [3.8, 4) is 0 Å². The van der Waals surface area contributed by atoms with E-state index in [-0.39, 0.29) is 0 Å². The van der Waals surface area contributed by atoms with Crippen molar-refractivity contribution in [3.05, 3.63) is 0 Å². The molecule has 0 unspecified atom stereocenters. The van der Waals surface area contributed by atoms with Crippen LogP contribution in [0.25, 0.3) is 0 Å². The number of nitrogens with two attached hydrogens (primary N) is 3. The summed E-state index contributed by atoms with van der Waals surface area (Å²) >= 11 is 0. The third kappa shape index (κ3) is 25.3. The topological polar surface area (TPSA) is 163 Å². The predicted octanol–water partition coefficient (Wildman–Crippen LogP) is 3.51. The van der Waals surface area contributed by atoms with Gasteiger partial charge in [-0.1, -0.05) is 6.92 Å². The van der Waals surface area contributed by atoms with Gasteiger partial charge in [-0.2, -0.15) is 0 Å². The first-order valence-corrected chi connectivity index (χ1v) is 31.9. The van der Waals surface area contributed by atoms with Crippen LogP contribution in [0.5, 0.6) is 0 Å². The molecule has 0 rings (SSSR count). The van der Waals surface area contributed by atoms with Crippen LogP contribution in [0.2, 0.25) is 76.6 Å². The average Bonchev–Trinajstić information content (AvgIpc) is 2.91. The highest BCUT2D eigenvalue weighted by molar-refractivity contribution is 6.92. The molecule has 10 N–H and O–H groups in total. The second kappa shape index (κ2) is 24.7. The zero-order chi connectivity index (χ0) is 34.3. The Morgan fingerprint density at radius 2 is 0.644 bits per heavy atom. The normalized spacial score (nSPS) is 13.6. The molecular formula is C29H77N7O4Si5. The van der Waals surface area contributed by atoms with E-state index in [9.17, 15) is 0 Å². The van der Waals surface area contributed by atoms with Crippen molar-refractivity contribution < 1.29 is 16.5 Å². The molecule has 272 valence electrons. The fourth-order valence-corrected chi connectivity index (χ4v) is 25.0. The zero-order valence-electron chi connectivity index (χ0n) is 31.0. The lowest BCUT2D eigenvalue weighted by Gasteiger charge is -2.46. The summed E-state index contributed by atoms with van der Waals surface area (Å²) in [5, 5.41) is 13.9. The molecule has 0 atom stereocenters. The average molecular weight is 728 g/mol. The fraction of sp³-hybridized carbons (Fsp3) is 1.00. The van der Waals surface area contributed by atoms with E-state index in [2.05, 4.69) is 80.6 Å². The van der Waals surface area contributed by atoms with Gasteiger partial charge in [0, 0.05) is 39.3 Å². The van der Waals surface area contributed by atoms with Crippen LogP contribution in [0.3, 0.4) is 0 Å². The molecule has 0 aromatic heterocycles. The molecule has 45 heavy (non-hydrogen) atoms. The molecular weight excluding hydrogens is 651 g/mol. The van der Waals surface area contributed by atoms with E-state index in [0.717, 1.165) is 109 Å². The van der Waals surface area contributed by atoms with Crippen LogP contribution in [0.15, 0.2) is 0 Å². The van der Waals surface area contributed by atoms with Crippen LogP contribution in [-0.4, -0.2) is 114 Å². The fourth-order valence-electron chi connectivity index (χ4n) is 5.22. The van der Waals surface area contributed by atoms with Crippen LogP contribution in [0.4, 0.5) is 0 Å². The van der Waals surface area contributed by atoms with E-state index in [1.807, 2.05) is 0 Å². The molecule has 0 aliphatic rings. The summed E-state index contributed by atoms with van der Waals surface area (Å²) < 4.78 is 29.4. The van der Waals surface area contributed by atoms with Crippen molar-refractivity contribution >= 4 is 42.3 Å². The Balaban J connectivity index is 6.28. The van der Waals surface area contributed by atoms with Crippen LogP contribution in [0, 0.1) is 0 Å². The highest BCUT2D eigenvalue weighted by Crippen LogP contribution is 2.34. The Morgan fingerprint density at radius 1 is 0.400 bits per heavy atom. The molecule has 11 nitrogen and oxygen atoms in total. The first-order chi connectivity index (χ1) is 21.1. The van der Waals surface area contributed by atoms with Gasteiger partial charge in [-0.25, -0.2) is 0 Å². The van der Waals surface area contributed by atoms with E-state index in [1.54, 1.807) is 0 Å². The van der Waals surface area contributed by atoms with Crippen molar-refractivity contribution in [2.75, 3.05) is 72.0 Å². The highest BCUT2D eigenvalue weighted by Gasteiger charge is 2.58. The third-order valence-electron chi connectivity index (χ3n) is 7.52. The monoisotopic (exact) mass is 727 g/mol. The van der Waals surface area contributed by atoms with Gasteiger partial charge in [0.2, 0.25) is 0 Å². The minimum absolute atomic E-state index is 0.652. The van der Waals surface area contributed by atoms with Gasteiger partial charge in [-0.3, -0.25) is 0 Å². The summed E-state index contributed by atoms with van der Waals surface area (Å²) in [7, 11) is -12.4. The summed E-state index contributed by atoms with van der Waals surface area (Å²) in [5.74, 6) is 0. The Kier molecular flexibility index (Phi) is 25.1. The summed E-state index contributed by atoms with van der Waals surface area (Å²) in [5.41, 5.74) is 17.1. The first kappa shape index (κ1) is 45.6. The van der Waals surface area contributed by atoms with E-state index >= 15 is 0 Å². The minimum atomic E-state index is -3.53. The van der Waals surface area contributed by atoms with Gasteiger partial charge in [0.05, 0.1) is 0 Å². The second-order valence-corrected chi connectivity index (χ2v) is 35.1. The van der Waals surface area contributed by atoms with Crippen LogP contribution in [0.1, 0.15) is 39.0 Å². The summed E-state index contributed by atoms with van der Waals surface area (Å²) in [6.45, 7) is 30.1. The molecule has 0 bridgehead atoms. The highest BCUT2D eigenvalue weighted by atomic mass is 28.5. The van der Waals surface area contributed by atoms with Gasteiger partial charge in [-0.05, 0) is 141 Å². The van der Waals surface area contributed by atoms with Crippen molar-refractivity contribution in [2.24, 2.45) is 17.2 Å². The number of hydrogen-bond acceptors (Lipinski definition) is 11. The molecule has 0 heterocycles. The molecule has 0 saturated heterocycles. The van der Waals surface area contributed by atoms with Crippen molar-refractivity contribution in [1.29, 1.82) is 0 Å². The second-order valence-electron chi connectivity index (χ2n) is 14.7. The molecule has 0 aliphatic heterocycles. The molecule has 0 aromatic carbocycles. The Morgan fingerprint density at radius 3 is 0.867 bits per heavy atom. The summed E-state index contributed by atoms with van der Waals surface area (Å²) in [4.78, 5) is 0. The molecule has 0 aliphatic carbocycles. The number of nitrogens with one attached hydrogen (secondary N) is 4. The lowest BCUT2D eigenvalue weighted by molar-refractivity contribution is 0.144. The van der Waals surface area contributed by atoms with Gasteiger partial charge in [0.25, 0.3) is 0 Å². The van der Waals surface area contributed by atoms with Gasteiger partial charge in [-0.15, -0.1) is 0 Å². The Hall–Kier alpha value is 0.644. The van der Waals surface area contributed by atoms with Crippen molar-refractivity contribution in [2.45, 2.75) is 116 Å². The molecule has 0 aromatic rings. The largest absolute Gasteiger partial charge is 0.636 e. The quantitative estimate of drug-likeness (QED) is 0.0401. The smallest absolute Gasteiger partial charge is 0.396 e. The van der Waals surface area contributed by atoms with Gasteiger partial charge < -0.3 is 54.9 Å². The molecule has 0 spiro atoms. The van der Waals surface area contributed by atoms with Crippen LogP contribution in [-0.2, 0) is 16.5 Å². The van der Waals surface area contributed by atoms with Gasteiger partial charge >= 0.3 is 9.05 Å². The van der Waals surface area contributed by atoms with Crippen molar-refractivity contribution in [1.82, 2.24) is 21.3 Å². The molecule has 0 radical (unpaired) electrons. The number of hydrogen-bond donors (Lipinski definition) is 7. The van der Waals surface area contributed by atoms with E-state index < -0.39 is 42.3 Å². The van der Waals surface area contributed by atoms with Crippen molar-refractivity contribution in [3.63, 3.8) is 0 Å². The molecule has 16 heteroatoms. The lowest BCUT2D eigenvalue weighted by Crippen LogP contribution is -2.66. The molecule has 0 amide bonds. The molecule has 0 saturated carbocycles. The molecule has 0 fully saturated rings. The number of rotatable bonds is 32. The third-order valence-corrected chi connectivity index (χ3v) is 26.6. The Bertz CT molecular complexity index is 611. The van der Waals surface area contributed by atoms with Crippen LogP contribution >= 0.6 is 0 Å². The predicted molar refractivity (Wildman–Crippen MR) is 207 cm³/mol. The SMILES string of the molecule is CCCNCCC[Si](C)(C)O[Si](O[Si](C)(C)CCCNCCN)(O[Si](C)(C)CCCNCCN)O[Si](C)(C)CCCNCCN. The summed E-state index contributed by atoms with van der Waals surface area (Å²) in [6.07, 6.45) is 5.34. The zero-order valence-corrected chi connectivity index (χ0v) is 36.0. The maximum atomic E-state index is 7.37.